The van der Waals surface area contributed by atoms with E-state index >= 15 is 0 Å². The average Bonchev–Trinajstić information content (AvgIpc) is 2.18. The average molecular weight is 273 g/mol. The summed E-state index contributed by atoms with van der Waals surface area (Å²) in [7, 11) is 0. The van der Waals surface area contributed by atoms with Gasteiger partial charge in [-0.05, 0) is 22.9 Å². The van der Waals surface area contributed by atoms with Gasteiger partial charge in [0.1, 0.15) is 6.61 Å². The molecule has 0 spiro atoms. The molecule has 0 amide bonds. The SMILES string of the molecule is CC1COc2cc([N+](=O)[O-])cc(Br)c2N1. The van der Waals surface area contributed by atoms with Crippen LogP contribution in [0.5, 0.6) is 5.75 Å². The second kappa shape index (κ2) is 3.69. The van der Waals surface area contributed by atoms with Crippen LogP contribution in [0.1, 0.15) is 6.92 Å². The van der Waals surface area contributed by atoms with Gasteiger partial charge in [-0.15, -0.1) is 0 Å². The maximum atomic E-state index is 10.6. The molecule has 0 bridgehead atoms. The van der Waals surface area contributed by atoms with Crippen molar-refractivity contribution in [3.63, 3.8) is 0 Å². The van der Waals surface area contributed by atoms with E-state index in [1.807, 2.05) is 6.92 Å². The van der Waals surface area contributed by atoms with Crippen molar-refractivity contribution in [2.75, 3.05) is 11.9 Å². The van der Waals surface area contributed by atoms with Crippen LogP contribution in [-0.4, -0.2) is 17.6 Å². The largest absolute Gasteiger partial charge is 0.489 e. The van der Waals surface area contributed by atoms with Crippen LogP contribution in [-0.2, 0) is 0 Å². The number of nitrogens with one attached hydrogen (secondary N) is 1. The Bertz CT molecular complexity index is 422. The highest BCUT2D eigenvalue weighted by Crippen LogP contribution is 2.39. The number of fused-ring (bicyclic) bond motifs is 1. The third-order valence-electron chi connectivity index (χ3n) is 2.13. The molecule has 0 aliphatic carbocycles. The number of non-ortho nitro benzene ring substituents is 1. The second-order valence-electron chi connectivity index (χ2n) is 3.41. The number of nitro groups is 1. The van der Waals surface area contributed by atoms with Gasteiger partial charge in [-0.1, -0.05) is 0 Å². The Morgan fingerprint density at radius 3 is 3.07 bits per heavy atom. The Morgan fingerprint density at radius 2 is 2.40 bits per heavy atom. The van der Waals surface area contributed by atoms with Gasteiger partial charge in [0.2, 0.25) is 0 Å². The zero-order valence-electron chi connectivity index (χ0n) is 7.99. The number of hydrogen-bond acceptors (Lipinski definition) is 4. The minimum Gasteiger partial charge on any atom is -0.489 e. The minimum atomic E-state index is -0.438. The number of ether oxygens (including phenoxy) is 1. The molecule has 0 aromatic heterocycles. The second-order valence-corrected chi connectivity index (χ2v) is 4.27. The fourth-order valence-corrected chi connectivity index (χ4v) is 1.97. The molecule has 1 atom stereocenters. The molecule has 80 valence electrons. The molecule has 1 aromatic rings. The van der Waals surface area contributed by atoms with Gasteiger partial charge in [0.15, 0.2) is 5.75 Å². The van der Waals surface area contributed by atoms with Crippen LogP contribution < -0.4 is 10.1 Å². The first-order valence-electron chi connectivity index (χ1n) is 4.45. The highest BCUT2D eigenvalue weighted by molar-refractivity contribution is 9.10. The number of rotatable bonds is 1. The molecule has 1 unspecified atom stereocenters. The van der Waals surface area contributed by atoms with E-state index in [1.165, 1.54) is 12.1 Å². The molecule has 1 N–H and O–H groups in total. The van der Waals surface area contributed by atoms with Crippen molar-refractivity contribution < 1.29 is 9.66 Å². The molecular weight excluding hydrogens is 264 g/mol. The number of nitro benzene ring substituents is 1. The van der Waals surface area contributed by atoms with Gasteiger partial charge in [-0.25, -0.2) is 0 Å². The van der Waals surface area contributed by atoms with E-state index in [9.17, 15) is 10.1 Å². The van der Waals surface area contributed by atoms with Crippen LogP contribution in [0.3, 0.4) is 0 Å². The first kappa shape index (κ1) is 10.2. The molecule has 2 rings (SSSR count). The van der Waals surface area contributed by atoms with Crippen LogP contribution in [0.25, 0.3) is 0 Å². The minimum absolute atomic E-state index is 0.0250. The summed E-state index contributed by atoms with van der Waals surface area (Å²) >= 11 is 3.28. The molecule has 0 fully saturated rings. The predicted octanol–water partition coefficient (Wildman–Crippen LogP) is 2.55. The lowest BCUT2D eigenvalue weighted by atomic mass is 10.2. The first-order valence-corrected chi connectivity index (χ1v) is 5.24. The topological polar surface area (TPSA) is 64.4 Å². The highest BCUT2D eigenvalue weighted by Gasteiger charge is 2.21. The lowest BCUT2D eigenvalue weighted by molar-refractivity contribution is -0.385. The quantitative estimate of drug-likeness (QED) is 0.630. The van der Waals surface area contributed by atoms with E-state index in [2.05, 4.69) is 21.2 Å². The smallest absolute Gasteiger partial charge is 0.274 e. The Hall–Kier alpha value is -1.30. The van der Waals surface area contributed by atoms with Gasteiger partial charge in [-0.2, -0.15) is 0 Å². The maximum absolute atomic E-state index is 10.6. The molecule has 0 radical (unpaired) electrons. The fourth-order valence-electron chi connectivity index (χ4n) is 1.43. The van der Waals surface area contributed by atoms with Crippen molar-refractivity contribution in [3.05, 3.63) is 26.7 Å². The van der Waals surface area contributed by atoms with Gasteiger partial charge in [0, 0.05) is 6.07 Å². The molecule has 1 heterocycles. The monoisotopic (exact) mass is 272 g/mol. The van der Waals surface area contributed by atoms with Crippen molar-refractivity contribution in [2.45, 2.75) is 13.0 Å². The first-order chi connectivity index (χ1) is 7.08. The van der Waals surface area contributed by atoms with Crippen LogP contribution in [0.4, 0.5) is 11.4 Å². The van der Waals surface area contributed by atoms with Crippen molar-refractivity contribution >= 4 is 27.3 Å². The van der Waals surface area contributed by atoms with Gasteiger partial charge in [0.25, 0.3) is 5.69 Å². The van der Waals surface area contributed by atoms with Crippen LogP contribution in [0.15, 0.2) is 16.6 Å². The van der Waals surface area contributed by atoms with Crippen LogP contribution >= 0.6 is 15.9 Å². The Morgan fingerprint density at radius 1 is 1.67 bits per heavy atom. The predicted molar refractivity (Wildman–Crippen MR) is 59.4 cm³/mol. The summed E-state index contributed by atoms with van der Waals surface area (Å²) in [5.41, 5.74) is 0.802. The number of halogens is 1. The molecule has 0 saturated heterocycles. The molecule has 1 aromatic carbocycles. The van der Waals surface area contributed by atoms with Crippen molar-refractivity contribution in [2.24, 2.45) is 0 Å². The Kier molecular flexibility index (Phi) is 2.52. The Balaban J connectivity index is 2.48. The molecule has 5 nitrogen and oxygen atoms in total. The van der Waals surface area contributed by atoms with Gasteiger partial charge in [-0.3, -0.25) is 10.1 Å². The normalized spacial score (nSPS) is 18.7. The van der Waals surface area contributed by atoms with Gasteiger partial charge < -0.3 is 10.1 Å². The highest BCUT2D eigenvalue weighted by atomic mass is 79.9. The third-order valence-corrected chi connectivity index (χ3v) is 2.75. The van der Waals surface area contributed by atoms with Crippen molar-refractivity contribution in [1.29, 1.82) is 0 Å². The van der Waals surface area contributed by atoms with E-state index in [0.29, 0.717) is 16.8 Å². The van der Waals surface area contributed by atoms with Crippen LogP contribution in [0, 0.1) is 10.1 Å². The summed E-state index contributed by atoms with van der Waals surface area (Å²) < 4.78 is 6.06. The molecule has 1 aliphatic heterocycles. The fraction of sp³-hybridized carbons (Fsp3) is 0.333. The van der Waals surface area contributed by atoms with E-state index in [-0.39, 0.29) is 11.7 Å². The van der Waals surface area contributed by atoms with E-state index in [4.69, 9.17) is 4.74 Å². The zero-order valence-corrected chi connectivity index (χ0v) is 9.58. The standard InChI is InChI=1S/C9H9BrN2O3/c1-5-4-15-8-3-6(12(13)14)2-7(10)9(8)11-5/h2-3,5,11H,4H2,1H3. The number of benzene rings is 1. The number of hydrogen-bond donors (Lipinski definition) is 1. The van der Waals surface area contributed by atoms with Crippen LogP contribution in [0.2, 0.25) is 0 Å². The summed E-state index contributed by atoms with van der Waals surface area (Å²) in [6.07, 6.45) is 0. The molecule has 0 saturated carbocycles. The molecular formula is C9H9BrN2O3. The summed E-state index contributed by atoms with van der Waals surface area (Å²) in [5, 5.41) is 13.8. The third kappa shape index (κ3) is 1.90. The van der Waals surface area contributed by atoms with Crippen molar-refractivity contribution in [3.8, 4) is 5.75 Å². The lowest BCUT2D eigenvalue weighted by Crippen LogP contribution is -2.28. The summed E-state index contributed by atoms with van der Waals surface area (Å²) in [5.74, 6) is 0.522. The van der Waals surface area contributed by atoms with Crippen molar-refractivity contribution in [1.82, 2.24) is 0 Å². The van der Waals surface area contributed by atoms with E-state index in [1.54, 1.807) is 0 Å². The van der Waals surface area contributed by atoms with E-state index < -0.39 is 4.92 Å². The molecule has 1 aliphatic rings. The number of anilines is 1. The summed E-state index contributed by atoms with van der Waals surface area (Å²) in [6.45, 7) is 2.50. The summed E-state index contributed by atoms with van der Waals surface area (Å²) in [4.78, 5) is 10.2. The van der Waals surface area contributed by atoms with E-state index in [0.717, 1.165) is 5.69 Å². The number of nitrogens with zero attached hydrogens (tertiary/aromatic N) is 1. The molecule has 15 heavy (non-hydrogen) atoms. The Labute approximate surface area is 94.7 Å². The lowest BCUT2D eigenvalue weighted by Gasteiger charge is -2.25. The van der Waals surface area contributed by atoms with Gasteiger partial charge in [0.05, 0.1) is 27.2 Å². The van der Waals surface area contributed by atoms with Gasteiger partial charge >= 0.3 is 0 Å². The maximum Gasteiger partial charge on any atom is 0.274 e. The zero-order chi connectivity index (χ0) is 11.0. The molecule has 6 heteroatoms. The summed E-state index contributed by atoms with van der Waals surface area (Å²) in [6, 6.07) is 3.10.